The largest absolute Gasteiger partial charge is 0.486 e. The highest BCUT2D eigenvalue weighted by Gasteiger charge is 2.36. The highest BCUT2D eigenvalue weighted by molar-refractivity contribution is 5.85. The maximum atomic E-state index is 15.4. The van der Waals surface area contributed by atoms with Crippen LogP contribution in [0, 0.1) is 29.4 Å². The molecular formula is C26H32F2O. The van der Waals surface area contributed by atoms with Gasteiger partial charge >= 0.3 is 0 Å². The Bertz CT molecular complexity index is 888. The summed E-state index contributed by atoms with van der Waals surface area (Å²) in [5.74, 6) is 2.13. The average molecular weight is 399 g/mol. The average Bonchev–Trinajstić information content (AvgIpc) is 2.74. The normalized spacial score (nSPS) is 27.3. The van der Waals surface area contributed by atoms with Crippen LogP contribution in [0.1, 0.15) is 70.3 Å². The van der Waals surface area contributed by atoms with Crippen LogP contribution in [0.15, 0.2) is 36.4 Å². The van der Waals surface area contributed by atoms with Crippen molar-refractivity contribution in [3.05, 3.63) is 53.6 Å². The number of hydrogen-bond acceptors (Lipinski definition) is 1. The Morgan fingerprint density at radius 2 is 1.83 bits per heavy atom. The fraction of sp³-hybridized carbons (Fsp3) is 0.538. The minimum atomic E-state index is -0.500. The molecule has 4 atom stereocenters. The second-order valence-electron chi connectivity index (χ2n) is 8.97. The molecule has 0 aromatic heterocycles. The molecule has 0 aliphatic heterocycles. The molecule has 2 aromatic rings. The zero-order valence-electron chi connectivity index (χ0n) is 17.6. The van der Waals surface area contributed by atoms with E-state index in [4.69, 9.17) is 4.74 Å². The summed E-state index contributed by atoms with van der Waals surface area (Å²) in [6, 6.07) is 6.77. The van der Waals surface area contributed by atoms with Gasteiger partial charge in [-0.15, -0.1) is 0 Å². The lowest BCUT2D eigenvalue weighted by atomic mass is 9.63. The number of ether oxygens (including phenoxy) is 1. The number of allylic oxidation sites excluding steroid dienone is 1. The topological polar surface area (TPSA) is 9.23 Å². The summed E-state index contributed by atoms with van der Waals surface area (Å²) in [5.41, 5.74) is 0.774. The van der Waals surface area contributed by atoms with Crippen molar-refractivity contribution in [2.75, 3.05) is 6.61 Å². The van der Waals surface area contributed by atoms with Crippen molar-refractivity contribution in [3.8, 4) is 5.75 Å². The summed E-state index contributed by atoms with van der Waals surface area (Å²) in [4.78, 5) is 0. The van der Waals surface area contributed by atoms with Gasteiger partial charge in [-0.3, -0.25) is 0 Å². The minimum absolute atomic E-state index is 0.177. The molecule has 0 N–H and O–H groups in total. The lowest BCUT2D eigenvalue weighted by Gasteiger charge is -2.42. The van der Waals surface area contributed by atoms with Crippen molar-refractivity contribution in [1.82, 2.24) is 0 Å². The van der Waals surface area contributed by atoms with Gasteiger partial charge in [0.1, 0.15) is 12.4 Å². The Balaban J connectivity index is 1.55. The van der Waals surface area contributed by atoms with E-state index in [0.717, 1.165) is 36.2 Å². The summed E-state index contributed by atoms with van der Waals surface area (Å²) in [7, 11) is 0. The van der Waals surface area contributed by atoms with E-state index >= 15 is 4.39 Å². The Morgan fingerprint density at radius 3 is 2.62 bits per heavy atom. The predicted octanol–water partition coefficient (Wildman–Crippen LogP) is 7.78. The lowest BCUT2D eigenvalue weighted by molar-refractivity contribution is 0.116. The number of rotatable bonds is 5. The fourth-order valence-electron chi connectivity index (χ4n) is 5.60. The third kappa shape index (κ3) is 4.20. The van der Waals surface area contributed by atoms with E-state index in [9.17, 15) is 4.39 Å². The van der Waals surface area contributed by atoms with Gasteiger partial charge < -0.3 is 4.74 Å². The van der Waals surface area contributed by atoms with E-state index in [0.29, 0.717) is 17.4 Å². The first-order valence-electron chi connectivity index (χ1n) is 11.3. The van der Waals surface area contributed by atoms with Crippen LogP contribution in [0.3, 0.4) is 0 Å². The van der Waals surface area contributed by atoms with Gasteiger partial charge in [0.25, 0.3) is 0 Å². The molecule has 0 heterocycles. The Morgan fingerprint density at radius 1 is 1.03 bits per heavy atom. The van der Waals surface area contributed by atoms with E-state index in [1.807, 2.05) is 31.2 Å². The van der Waals surface area contributed by atoms with E-state index in [-0.39, 0.29) is 17.5 Å². The number of hydrogen-bond donors (Lipinski definition) is 0. The van der Waals surface area contributed by atoms with Crippen molar-refractivity contribution in [2.45, 2.75) is 64.7 Å². The van der Waals surface area contributed by atoms with Gasteiger partial charge in [-0.1, -0.05) is 44.1 Å². The molecule has 2 saturated carbocycles. The molecular weight excluding hydrogens is 366 g/mol. The summed E-state index contributed by atoms with van der Waals surface area (Å²) in [6.45, 7) is 4.50. The van der Waals surface area contributed by atoms with Gasteiger partial charge in [0.15, 0.2) is 11.6 Å². The standard InChI is InChI=1S/C26H32F2O/c1-3-5-12-29-25-15-21-10-11-22(26(28)23(21)16-24(25)27)20-9-8-18-13-17(4-2)6-7-19(18)14-20/h3,5,10-11,15-20H,4,6-9,12-14H2,1-2H3. The molecule has 1 nitrogen and oxygen atoms in total. The van der Waals surface area contributed by atoms with Crippen molar-refractivity contribution >= 4 is 10.8 Å². The smallest absolute Gasteiger partial charge is 0.165 e. The molecule has 0 bridgehead atoms. The quantitative estimate of drug-likeness (QED) is 0.467. The van der Waals surface area contributed by atoms with Crippen molar-refractivity contribution in [1.29, 1.82) is 0 Å². The minimum Gasteiger partial charge on any atom is -0.486 e. The zero-order chi connectivity index (χ0) is 20.4. The molecule has 0 radical (unpaired) electrons. The van der Waals surface area contributed by atoms with Crippen LogP contribution in [0.4, 0.5) is 8.78 Å². The molecule has 3 heteroatoms. The first-order valence-corrected chi connectivity index (χ1v) is 11.3. The summed E-state index contributed by atoms with van der Waals surface area (Å²) < 4.78 is 35.3. The molecule has 2 aromatic carbocycles. The highest BCUT2D eigenvalue weighted by atomic mass is 19.1. The summed E-state index contributed by atoms with van der Waals surface area (Å²) >= 11 is 0. The van der Waals surface area contributed by atoms with Crippen LogP contribution < -0.4 is 4.74 Å². The van der Waals surface area contributed by atoms with Crippen LogP contribution >= 0.6 is 0 Å². The van der Waals surface area contributed by atoms with Gasteiger partial charge in [0.05, 0.1) is 0 Å². The predicted molar refractivity (Wildman–Crippen MR) is 115 cm³/mol. The molecule has 0 amide bonds. The van der Waals surface area contributed by atoms with E-state index in [1.54, 1.807) is 6.07 Å². The molecule has 4 rings (SSSR count). The molecule has 4 unspecified atom stereocenters. The molecule has 2 aliphatic rings. The van der Waals surface area contributed by atoms with Crippen LogP contribution in [-0.2, 0) is 0 Å². The van der Waals surface area contributed by atoms with Crippen LogP contribution in [0.5, 0.6) is 5.75 Å². The second kappa shape index (κ2) is 8.85. The first-order chi connectivity index (χ1) is 14.1. The maximum Gasteiger partial charge on any atom is 0.165 e. The van der Waals surface area contributed by atoms with Crippen molar-refractivity contribution in [2.24, 2.45) is 17.8 Å². The third-order valence-corrected chi connectivity index (χ3v) is 7.35. The highest BCUT2D eigenvalue weighted by Crippen LogP contribution is 2.49. The molecule has 29 heavy (non-hydrogen) atoms. The fourth-order valence-corrected chi connectivity index (χ4v) is 5.60. The van der Waals surface area contributed by atoms with Gasteiger partial charge in [0.2, 0.25) is 0 Å². The Kier molecular flexibility index (Phi) is 6.22. The lowest BCUT2D eigenvalue weighted by Crippen LogP contribution is -2.30. The number of halogens is 2. The zero-order valence-corrected chi connectivity index (χ0v) is 17.6. The van der Waals surface area contributed by atoms with Crippen molar-refractivity contribution < 1.29 is 13.5 Å². The van der Waals surface area contributed by atoms with Crippen LogP contribution in [0.25, 0.3) is 10.8 Å². The number of benzene rings is 2. The molecule has 2 aliphatic carbocycles. The van der Waals surface area contributed by atoms with Crippen molar-refractivity contribution in [3.63, 3.8) is 0 Å². The van der Waals surface area contributed by atoms with Gasteiger partial charge in [0, 0.05) is 5.39 Å². The Hall–Kier alpha value is -1.90. The van der Waals surface area contributed by atoms with Gasteiger partial charge in [-0.25, -0.2) is 8.78 Å². The SMILES string of the molecule is CC=CCOc1cc2ccc(C3CCC4CC(CC)CCC4C3)c(F)c2cc1F. The van der Waals surface area contributed by atoms with E-state index in [2.05, 4.69) is 6.92 Å². The second-order valence-corrected chi connectivity index (χ2v) is 8.97. The summed E-state index contributed by atoms with van der Waals surface area (Å²) in [5, 5.41) is 1.07. The first kappa shape index (κ1) is 20.4. The Labute approximate surface area is 173 Å². The van der Waals surface area contributed by atoms with E-state index < -0.39 is 5.82 Å². The molecule has 156 valence electrons. The third-order valence-electron chi connectivity index (χ3n) is 7.35. The molecule has 2 fully saturated rings. The molecule has 0 spiro atoms. The van der Waals surface area contributed by atoms with Crippen LogP contribution in [-0.4, -0.2) is 6.61 Å². The molecule has 0 saturated heterocycles. The monoisotopic (exact) mass is 398 g/mol. The summed E-state index contributed by atoms with van der Waals surface area (Å²) in [6.07, 6.45) is 12.3. The van der Waals surface area contributed by atoms with Gasteiger partial charge in [-0.2, -0.15) is 0 Å². The number of fused-ring (bicyclic) bond motifs is 2. The van der Waals surface area contributed by atoms with Gasteiger partial charge in [-0.05, 0) is 85.8 Å². The van der Waals surface area contributed by atoms with Crippen LogP contribution in [0.2, 0.25) is 0 Å². The van der Waals surface area contributed by atoms with E-state index in [1.165, 1.54) is 38.2 Å². The maximum absolute atomic E-state index is 15.4.